The van der Waals surface area contributed by atoms with Gasteiger partial charge in [0.15, 0.2) is 0 Å². The third kappa shape index (κ3) is 6.33. The summed E-state index contributed by atoms with van der Waals surface area (Å²) in [5.74, 6) is -0.721. The molecule has 0 radical (unpaired) electrons. The van der Waals surface area contributed by atoms with Crippen molar-refractivity contribution in [1.82, 2.24) is 9.62 Å². The molecule has 1 saturated carbocycles. The first-order chi connectivity index (χ1) is 18.6. The Kier molecular flexibility index (Phi) is 7.77. The summed E-state index contributed by atoms with van der Waals surface area (Å²) in [5.41, 5.74) is 1.69. The van der Waals surface area contributed by atoms with Gasteiger partial charge in [0, 0.05) is 31.3 Å². The second-order valence-corrected chi connectivity index (χ2v) is 11.2. The summed E-state index contributed by atoms with van der Waals surface area (Å²) in [7, 11) is -1.61. The molecular formula is C29H28F4N2O3S. The number of amides is 1. The lowest BCUT2D eigenvalue weighted by Crippen LogP contribution is -2.51. The molecule has 0 spiro atoms. The lowest BCUT2D eigenvalue weighted by atomic mass is 9.90. The van der Waals surface area contributed by atoms with Crippen molar-refractivity contribution in [2.75, 3.05) is 26.0 Å². The lowest BCUT2D eigenvalue weighted by Gasteiger charge is -2.44. The van der Waals surface area contributed by atoms with E-state index in [9.17, 15) is 26.6 Å². The summed E-state index contributed by atoms with van der Waals surface area (Å²) in [6.45, 7) is 1.66. The minimum Gasteiger partial charge on any atom is -0.493 e. The van der Waals surface area contributed by atoms with E-state index in [-0.39, 0.29) is 23.4 Å². The number of ether oxygens (including phenoxy) is 1. The van der Waals surface area contributed by atoms with Gasteiger partial charge < -0.3 is 4.74 Å². The minimum absolute atomic E-state index is 0.145. The molecule has 5 nitrogen and oxygen atoms in total. The Labute approximate surface area is 226 Å². The van der Waals surface area contributed by atoms with Gasteiger partial charge in [-0.25, -0.2) is 8.60 Å². The number of nitrogens with one attached hydrogen (secondary N) is 1. The zero-order valence-electron chi connectivity index (χ0n) is 21.2. The molecule has 1 heterocycles. The van der Waals surface area contributed by atoms with Crippen LogP contribution in [0, 0.1) is 11.7 Å². The molecule has 39 heavy (non-hydrogen) atoms. The second kappa shape index (κ2) is 11.1. The van der Waals surface area contributed by atoms with E-state index in [1.807, 2.05) is 30.3 Å². The molecule has 2 aliphatic rings. The average molecular weight is 561 g/mol. The van der Waals surface area contributed by atoms with Gasteiger partial charge in [0.25, 0.3) is 5.91 Å². The van der Waals surface area contributed by atoms with Crippen LogP contribution in [0.5, 0.6) is 5.75 Å². The highest BCUT2D eigenvalue weighted by Crippen LogP contribution is 2.45. The van der Waals surface area contributed by atoms with Crippen molar-refractivity contribution in [3.8, 4) is 5.75 Å². The van der Waals surface area contributed by atoms with Gasteiger partial charge in [0.05, 0.1) is 23.8 Å². The SMILES string of the molecule is CS(=O)NC(=O)c1cc(C2CC2)c(OCC2CN(C(c3ccccc3)c3ccc(C(F)(F)F)cc3)C2)cc1F. The summed E-state index contributed by atoms with van der Waals surface area (Å²) >= 11 is 0. The Morgan fingerprint density at radius 3 is 2.28 bits per heavy atom. The standard InChI is InChI=1S/C29H28F4N2O3S/c1-39(37)34-28(36)24-13-23(19-7-8-19)26(14-25(24)30)38-17-18-15-35(16-18)27(20-5-3-2-4-6-20)21-9-11-22(12-10-21)29(31,32)33/h2-6,9-14,18-19,27H,7-8,15-17H2,1H3,(H,34,36). The van der Waals surface area contributed by atoms with Crippen LogP contribution in [-0.4, -0.2) is 41.0 Å². The number of carbonyl (C=O) groups excluding carboxylic acids is 1. The highest BCUT2D eigenvalue weighted by Gasteiger charge is 2.36. The summed E-state index contributed by atoms with van der Waals surface area (Å²) in [4.78, 5) is 14.4. The third-order valence-electron chi connectivity index (χ3n) is 7.09. The molecule has 1 saturated heterocycles. The molecule has 1 aliphatic carbocycles. The summed E-state index contributed by atoms with van der Waals surface area (Å²) in [5, 5.41) is 0. The number of carbonyl (C=O) groups is 1. The fraction of sp³-hybridized carbons (Fsp3) is 0.345. The first kappa shape index (κ1) is 27.3. The van der Waals surface area contributed by atoms with Crippen molar-refractivity contribution >= 4 is 16.9 Å². The van der Waals surface area contributed by atoms with Crippen molar-refractivity contribution in [2.24, 2.45) is 5.92 Å². The first-order valence-corrected chi connectivity index (χ1v) is 14.2. The van der Waals surface area contributed by atoms with E-state index in [0.29, 0.717) is 25.4 Å². The zero-order chi connectivity index (χ0) is 27.7. The van der Waals surface area contributed by atoms with E-state index in [2.05, 4.69) is 9.62 Å². The van der Waals surface area contributed by atoms with Crippen LogP contribution >= 0.6 is 0 Å². The predicted molar refractivity (Wildman–Crippen MR) is 140 cm³/mol. The highest BCUT2D eigenvalue weighted by atomic mass is 32.2. The number of benzene rings is 3. The smallest absolute Gasteiger partial charge is 0.416 e. The summed E-state index contributed by atoms with van der Waals surface area (Å²) in [6.07, 6.45) is -1.25. The van der Waals surface area contributed by atoms with Gasteiger partial charge >= 0.3 is 6.18 Å². The van der Waals surface area contributed by atoms with Crippen LogP contribution in [0.4, 0.5) is 17.6 Å². The van der Waals surface area contributed by atoms with Gasteiger partial charge in [-0.2, -0.15) is 13.2 Å². The molecule has 2 unspecified atom stereocenters. The van der Waals surface area contributed by atoms with Gasteiger partial charge in [-0.3, -0.25) is 14.4 Å². The Balaban J connectivity index is 1.28. The Morgan fingerprint density at radius 1 is 1.05 bits per heavy atom. The highest BCUT2D eigenvalue weighted by molar-refractivity contribution is 7.82. The molecule has 0 bridgehead atoms. The Hall–Kier alpha value is -3.24. The normalized spacial score (nSPS) is 17.8. The number of halogens is 4. The fourth-order valence-corrected chi connectivity index (χ4v) is 5.38. The lowest BCUT2D eigenvalue weighted by molar-refractivity contribution is -0.137. The number of hydrogen-bond acceptors (Lipinski definition) is 4. The van der Waals surface area contributed by atoms with Gasteiger partial charge in [-0.15, -0.1) is 0 Å². The van der Waals surface area contributed by atoms with Gasteiger partial charge in [-0.1, -0.05) is 42.5 Å². The van der Waals surface area contributed by atoms with Crippen molar-refractivity contribution in [2.45, 2.75) is 31.0 Å². The van der Waals surface area contributed by atoms with Gasteiger partial charge in [0.1, 0.15) is 22.6 Å². The fourth-order valence-electron chi connectivity index (χ4n) is 5.01. The predicted octanol–water partition coefficient (Wildman–Crippen LogP) is 5.85. The molecule has 2 fully saturated rings. The monoisotopic (exact) mass is 560 g/mol. The average Bonchev–Trinajstić information content (AvgIpc) is 3.70. The first-order valence-electron chi connectivity index (χ1n) is 12.7. The van der Waals surface area contributed by atoms with Gasteiger partial charge in [0.2, 0.25) is 0 Å². The maximum Gasteiger partial charge on any atom is 0.416 e. The minimum atomic E-state index is -4.39. The van der Waals surface area contributed by atoms with Crippen LogP contribution < -0.4 is 9.46 Å². The maximum absolute atomic E-state index is 14.8. The molecule has 1 aliphatic heterocycles. The molecule has 3 aromatic rings. The molecule has 0 aromatic heterocycles. The maximum atomic E-state index is 14.8. The second-order valence-electron chi connectivity index (χ2n) is 10.1. The van der Waals surface area contributed by atoms with E-state index < -0.39 is 34.4 Å². The summed E-state index contributed by atoms with van der Waals surface area (Å²) in [6, 6.07) is 17.4. The number of nitrogens with zero attached hydrogens (tertiary/aromatic N) is 1. The largest absolute Gasteiger partial charge is 0.493 e. The van der Waals surface area contributed by atoms with E-state index >= 15 is 0 Å². The molecule has 206 valence electrons. The quantitative estimate of drug-likeness (QED) is 0.334. The van der Waals surface area contributed by atoms with Crippen LogP contribution in [-0.2, 0) is 17.2 Å². The van der Waals surface area contributed by atoms with Crippen molar-refractivity contribution in [1.29, 1.82) is 0 Å². The third-order valence-corrected chi connectivity index (χ3v) is 7.56. The van der Waals surface area contributed by atoms with E-state index in [0.717, 1.165) is 41.7 Å². The van der Waals surface area contributed by atoms with Crippen molar-refractivity contribution in [3.63, 3.8) is 0 Å². The zero-order valence-corrected chi connectivity index (χ0v) is 22.0. The van der Waals surface area contributed by atoms with E-state index in [1.165, 1.54) is 30.5 Å². The molecule has 1 N–H and O–H groups in total. The van der Waals surface area contributed by atoms with E-state index in [1.54, 1.807) is 0 Å². The van der Waals surface area contributed by atoms with Crippen molar-refractivity contribution < 1.29 is 31.3 Å². The van der Waals surface area contributed by atoms with Crippen molar-refractivity contribution in [3.05, 3.63) is 100 Å². The van der Waals surface area contributed by atoms with Gasteiger partial charge in [-0.05, 0) is 53.6 Å². The number of rotatable bonds is 9. The molecular weight excluding hydrogens is 532 g/mol. The number of likely N-dealkylation sites (tertiary alicyclic amines) is 1. The van der Waals surface area contributed by atoms with Crippen LogP contribution in [0.25, 0.3) is 0 Å². The molecule has 2 atom stereocenters. The van der Waals surface area contributed by atoms with E-state index in [4.69, 9.17) is 4.74 Å². The molecule has 1 amide bonds. The Bertz CT molecular complexity index is 1360. The number of alkyl halides is 3. The number of hydrogen-bond donors (Lipinski definition) is 1. The molecule has 10 heteroatoms. The van der Waals surface area contributed by atoms with Crippen LogP contribution in [0.15, 0.2) is 66.7 Å². The molecule has 5 rings (SSSR count). The summed E-state index contributed by atoms with van der Waals surface area (Å²) < 4.78 is 73.7. The Morgan fingerprint density at radius 2 is 1.69 bits per heavy atom. The van der Waals surface area contributed by atoms with Crippen LogP contribution in [0.3, 0.4) is 0 Å². The van der Waals surface area contributed by atoms with Crippen LogP contribution in [0.2, 0.25) is 0 Å². The topological polar surface area (TPSA) is 58.6 Å². The van der Waals surface area contributed by atoms with Crippen LogP contribution in [0.1, 0.15) is 57.4 Å². The molecule has 3 aromatic carbocycles.